The SMILES string of the molecule is C=C(/C=C(\C=C/CCCCCCC)CCC(C)(N)CC)C(F)(F)F.CC.CO. The van der Waals surface area contributed by atoms with E-state index in [0.717, 1.165) is 32.4 Å². The number of unbranched alkanes of at least 4 members (excludes halogenated alkanes) is 5. The maximum absolute atomic E-state index is 12.7. The van der Waals surface area contributed by atoms with Crippen molar-refractivity contribution in [3.63, 3.8) is 0 Å². The van der Waals surface area contributed by atoms with Gasteiger partial charge in [0.05, 0.1) is 0 Å². The fourth-order valence-corrected chi connectivity index (χ4v) is 2.22. The lowest BCUT2D eigenvalue weighted by molar-refractivity contribution is -0.0878. The Morgan fingerprint density at radius 1 is 1.04 bits per heavy atom. The summed E-state index contributed by atoms with van der Waals surface area (Å²) in [6.07, 6.45) is 9.35. The van der Waals surface area contributed by atoms with E-state index in [1.165, 1.54) is 25.7 Å². The lowest BCUT2D eigenvalue weighted by atomic mass is 9.91. The molecule has 3 N–H and O–H groups in total. The van der Waals surface area contributed by atoms with Gasteiger partial charge in [0.15, 0.2) is 0 Å². The molecule has 0 aliphatic carbocycles. The van der Waals surface area contributed by atoms with Crippen molar-refractivity contribution in [2.75, 3.05) is 7.11 Å². The van der Waals surface area contributed by atoms with Gasteiger partial charge in [0.1, 0.15) is 0 Å². The number of aliphatic hydroxyl groups excluding tert-OH is 1. The molecule has 0 heterocycles. The second-order valence-electron chi connectivity index (χ2n) is 6.86. The van der Waals surface area contributed by atoms with Crippen LogP contribution in [0.3, 0.4) is 0 Å². The van der Waals surface area contributed by atoms with Crippen LogP contribution >= 0.6 is 0 Å². The van der Waals surface area contributed by atoms with E-state index >= 15 is 0 Å². The minimum Gasteiger partial charge on any atom is -0.400 e. The van der Waals surface area contributed by atoms with E-state index in [-0.39, 0.29) is 5.54 Å². The average molecular weight is 408 g/mol. The second kappa shape index (κ2) is 19.3. The third-order valence-electron chi connectivity index (χ3n) is 4.32. The summed E-state index contributed by atoms with van der Waals surface area (Å²) in [6.45, 7) is 13.2. The number of hydrogen-bond acceptors (Lipinski definition) is 2. The summed E-state index contributed by atoms with van der Waals surface area (Å²) in [5.74, 6) is 0. The number of nitrogens with two attached hydrogens (primary N) is 1. The summed E-state index contributed by atoms with van der Waals surface area (Å²) in [4.78, 5) is 0. The number of rotatable bonds is 12. The van der Waals surface area contributed by atoms with Crippen molar-refractivity contribution < 1.29 is 18.3 Å². The van der Waals surface area contributed by atoms with E-state index < -0.39 is 11.7 Å². The van der Waals surface area contributed by atoms with E-state index in [4.69, 9.17) is 10.8 Å². The molecule has 28 heavy (non-hydrogen) atoms. The molecule has 0 saturated heterocycles. The van der Waals surface area contributed by atoms with E-state index in [9.17, 15) is 13.2 Å². The van der Waals surface area contributed by atoms with Crippen molar-refractivity contribution in [1.29, 1.82) is 0 Å². The lowest BCUT2D eigenvalue weighted by Crippen LogP contribution is -2.34. The Morgan fingerprint density at radius 3 is 2.04 bits per heavy atom. The van der Waals surface area contributed by atoms with Gasteiger partial charge in [-0.25, -0.2) is 0 Å². The summed E-state index contributed by atoms with van der Waals surface area (Å²) in [5, 5.41) is 7.00. The Hall–Kier alpha value is -1.07. The van der Waals surface area contributed by atoms with Crippen LogP contribution in [0.2, 0.25) is 0 Å². The van der Waals surface area contributed by atoms with Crippen LogP contribution < -0.4 is 5.73 Å². The van der Waals surface area contributed by atoms with Crippen LogP contribution in [0, 0.1) is 0 Å². The summed E-state index contributed by atoms with van der Waals surface area (Å²) in [7, 11) is 1.00. The largest absolute Gasteiger partial charge is 0.415 e. The third-order valence-corrected chi connectivity index (χ3v) is 4.32. The van der Waals surface area contributed by atoms with E-state index in [1.54, 1.807) is 0 Å². The Bertz CT molecular complexity index is 424. The summed E-state index contributed by atoms with van der Waals surface area (Å²) < 4.78 is 38.2. The summed E-state index contributed by atoms with van der Waals surface area (Å²) in [6, 6.07) is 0. The van der Waals surface area contributed by atoms with Gasteiger partial charge in [-0.1, -0.05) is 72.1 Å². The molecule has 0 saturated carbocycles. The first-order chi connectivity index (χ1) is 13.1. The van der Waals surface area contributed by atoms with Crippen molar-refractivity contribution in [1.82, 2.24) is 0 Å². The van der Waals surface area contributed by atoms with Crippen LogP contribution in [0.25, 0.3) is 0 Å². The molecule has 2 nitrogen and oxygen atoms in total. The smallest absolute Gasteiger partial charge is 0.400 e. The van der Waals surface area contributed by atoms with E-state index in [1.807, 2.05) is 39.8 Å². The molecule has 5 heteroatoms. The first-order valence-corrected chi connectivity index (χ1v) is 10.5. The Kier molecular flexibility index (Phi) is 21.7. The molecule has 1 atom stereocenters. The van der Waals surface area contributed by atoms with Gasteiger partial charge in [0.2, 0.25) is 0 Å². The number of allylic oxidation sites excluding steroid dienone is 5. The number of halogens is 3. The Morgan fingerprint density at radius 2 is 1.57 bits per heavy atom. The van der Waals surface area contributed by atoms with Crippen molar-refractivity contribution in [3.05, 3.63) is 36.0 Å². The molecule has 0 aliphatic heterocycles. The maximum Gasteiger partial charge on any atom is 0.415 e. The second-order valence-corrected chi connectivity index (χ2v) is 6.86. The molecule has 0 aromatic carbocycles. The lowest BCUT2D eigenvalue weighted by Gasteiger charge is -2.22. The summed E-state index contributed by atoms with van der Waals surface area (Å²) in [5.41, 5.74) is 5.60. The first kappa shape index (κ1) is 31.6. The van der Waals surface area contributed by atoms with Gasteiger partial charge in [-0.15, -0.1) is 0 Å². The van der Waals surface area contributed by atoms with Crippen molar-refractivity contribution in [2.45, 2.75) is 104 Å². The van der Waals surface area contributed by atoms with Gasteiger partial charge >= 0.3 is 6.18 Å². The first-order valence-electron chi connectivity index (χ1n) is 10.5. The van der Waals surface area contributed by atoms with Gasteiger partial charge in [-0.2, -0.15) is 13.2 Å². The van der Waals surface area contributed by atoms with Gasteiger partial charge in [-0.05, 0) is 50.7 Å². The summed E-state index contributed by atoms with van der Waals surface area (Å²) >= 11 is 0. The van der Waals surface area contributed by atoms with Crippen molar-refractivity contribution >= 4 is 0 Å². The Balaban J connectivity index is -0.00000146. The predicted molar refractivity (Wildman–Crippen MR) is 117 cm³/mol. The highest BCUT2D eigenvalue weighted by molar-refractivity contribution is 5.31. The molecule has 0 rings (SSSR count). The van der Waals surface area contributed by atoms with E-state index in [0.29, 0.717) is 18.4 Å². The normalized spacial score (nSPS) is 13.9. The highest BCUT2D eigenvalue weighted by Crippen LogP contribution is 2.28. The minimum absolute atomic E-state index is 0.355. The number of aliphatic hydroxyl groups is 1. The zero-order chi connectivity index (χ0) is 22.6. The molecule has 0 bridgehead atoms. The van der Waals surface area contributed by atoms with Gasteiger partial charge in [0.25, 0.3) is 0 Å². The molecule has 1 unspecified atom stereocenters. The molecular formula is C23H44F3NO. The van der Waals surface area contributed by atoms with Crippen molar-refractivity contribution in [2.24, 2.45) is 5.73 Å². The number of alkyl halides is 3. The molecule has 0 radical (unpaired) electrons. The van der Waals surface area contributed by atoms with Crippen LogP contribution in [0.1, 0.15) is 92.4 Å². The zero-order valence-electron chi connectivity index (χ0n) is 19.0. The van der Waals surface area contributed by atoms with Gasteiger partial charge in [-0.3, -0.25) is 0 Å². The number of hydrogen-bond donors (Lipinski definition) is 2. The zero-order valence-corrected chi connectivity index (χ0v) is 19.0. The molecule has 0 aromatic heterocycles. The van der Waals surface area contributed by atoms with Crippen LogP contribution in [0.4, 0.5) is 13.2 Å². The highest BCUT2D eigenvalue weighted by atomic mass is 19.4. The van der Waals surface area contributed by atoms with E-state index in [2.05, 4.69) is 13.5 Å². The monoisotopic (exact) mass is 407 g/mol. The fourth-order valence-electron chi connectivity index (χ4n) is 2.22. The predicted octanol–water partition coefficient (Wildman–Crippen LogP) is 7.49. The van der Waals surface area contributed by atoms with Crippen LogP contribution in [0.5, 0.6) is 0 Å². The molecule has 0 aromatic rings. The molecular weight excluding hydrogens is 363 g/mol. The fraction of sp³-hybridized carbons (Fsp3) is 0.739. The minimum atomic E-state index is -4.38. The molecule has 0 amide bonds. The van der Waals surface area contributed by atoms with Gasteiger partial charge in [0, 0.05) is 18.2 Å². The van der Waals surface area contributed by atoms with Crippen molar-refractivity contribution in [3.8, 4) is 0 Å². The molecule has 0 fully saturated rings. The highest BCUT2D eigenvalue weighted by Gasteiger charge is 2.30. The van der Waals surface area contributed by atoms with Crippen LogP contribution in [-0.4, -0.2) is 23.9 Å². The van der Waals surface area contributed by atoms with Crippen LogP contribution in [-0.2, 0) is 0 Å². The molecule has 0 spiro atoms. The van der Waals surface area contributed by atoms with Crippen LogP contribution in [0.15, 0.2) is 36.0 Å². The molecule has 168 valence electrons. The average Bonchev–Trinajstić information content (AvgIpc) is 2.67. The quantitative estimate of drug-likeness (QED) is 0.260. The maximum atomic E-state index is 12.7. The topological polar surface area (TPSA) is 46.2 Å². The third kappa shape index (κ3) is 19.7. The molecule has 0 aliphatic rings. The van der Waals surface area contributed by atoms with Gasteiger partial charge < -0.3 is 10.8 Å². The standard InChI is InChI=1S/C20H34F3N.C2H6.CH4O/c1-5-7-8-9-10-11-12-13-18(14-15-19(4,24)6-2)16-17(3)20(21,22)23;2*1-2/h12-13,16H,3,5-11,14-15,24H2,1-2,4H3;1-2H3;2H,1H3/b13-12-,18-16+;;. The Labute approximate surface area is 171 Å².